The predicted octanol–water partition coefficient (Wildman–Crippen LogP) is 4.59. The van der Waals surface area contributed by atoms with Gasteiger partial charge in [-0.3, -0.25) is 24.1 Å². The molecule has 1 aliphatic heterocycles. The maximum absolute atomic E-state index is 12.9. The Morgan fingerprint density at radius 3 is 2.12 bits per heavy atom. The van der Waals surface area contributed by atoms with Crippen LogP contribution in [0.4, 0.5) is 5.69 Å². The number of anilines is 1. The number of carbonyl (C=O) groups excluding carboxylic acids is 4. The summed E-state index contributed by atoms with van der Waals surface area (Å²) in [5, 5.41) is 3.13. The quantitative estimate of drug-likeness (QED) is 0.425. The fraction of sp³-hybridized carbons (Fsp3) is 0.120. The number of hydrogen-bond acceptors (Lipinski definition) is 4. The molecule has 0 bridgehead atoms. The van der Waals surface area contributed by atoms with Gasteiger partial charge in [-0.1, -0.05) is 54.1 Å². The first-order valence-electron chi connectivity index (χ1n) is 10.1. The summed E-state index contributed by atoms with van der Waals surface area (Å²) in [6, 6.07) is 20.1. The number of halogens is 1. The number of imide groups is 1. The molecule has 0 unspecified atom stereocenters. The standard InChI is InChI=1S/C25H19ClN2O4/c26-17-12-13-21(20(15-17)23(30)16-7-2-1-3-8-16)27-22(29)11-6-14-28-24(31)18-9-4-5-10-19(18)25(28)32/h1-5,7-10,12-13,15H,6,11,14H2,(H,27,29). The summed E-state index contributed by atoms with van der Waals surface area (Å²) in [6.07, 6.45) is 0.377. The van der Waals surface area contributed by atoms with Crippen LogP contribution in [0, 0.1) is 0 Å². The first-order valence-corrected chi connectivity index (χ1v) is 10.5. The van der Waals surface area contributed by atoms with E-state index in [1.54, 1.807) is 60.7 Å². The Kier molecular flexibility index (Phi) is 6.14. The van der Waals surface area contributed by atoms with Crippen LogP contribution in [0.5, 0.6) is 0 Å². The largest absolute Gasteiger partial charge is 0.325 e. The molecule has 0 fully saturated rings. The van der Waals surface area contributed by atoms with Crippen LogP contribution in [0.2, 0.25) is 5.02 Å². The van der Waals surface area contributed by atoms with E-state index < -0.39 is 0 Å². The summed E-state index contributed by atoms with van der Waals surface area (Å²) in [7, 11) is 0. The van der Waals surface area contributed by atoms with Gasteiger partial charge < -0.3 is 5.32 Å². The lowest BCUT2D eigenvalue weighted by Gasteiger charge is -2.14. The summed E-state index contributed by atoms with van der Waals surface area (Å²) in [4.78, 5) is 51.4. The van der Waals surface area contributed by atoms with Crippen molar-refractivity contribution >= 4 is 40.8 Å². The highest BCUT2D eigenvalue weighted by atomic mass is 35.5. The van der Waals surface area contributed by atoms with Crippen molar-refractivity contribution in [3.63, 3.8) is 0 Å². The Morgan fingerprint density at radius 2 is 1.47 bits per heavy atom. The normalized spacial score (nSPS) is 12.6. The van der Waals surface area contributed by atoms with Crippen molar-refractivity contribution in [3.05, 3.63) is 100 Å². The SMILES string of the molecule is O=C(CCCN1C(=O)c2ccccc2C1=O)Nc1ccc(Cl)cc1C(=O)c1ccccc1. The molecule has 7 heteroatoms. The summed E-state index contributed by atoms with van der Waals surface area (Å²) in [6.45, 7) is 0.135. The number of carbonyl (C=O) groups is 4. The zero-order valence-corrected chi connectivity index (χ0v) is 17.8. The van der Waals surface area contributed by atoms with Gasteiger partial charge in [0.2, 0.25) is 5.91 Å². The first kappa shape index (κ1) is 21.5. The lowest BCUT2D eigenvalue weighted by atomic mass is 10.0. The van der Waals surface area contributed by atoms with Crippen LogP contribution in [-0.4, -0.2) is 34.9 Å². The number of amides is 3. The van der Waals surface area contributed by atoms with Crippen LogP contribution in [0.3, 0.4) is 0 Å². The van der Waals surface area contributed by atoms with Crippen LogP contribution in [-0.2, 0) is 4.79 Å². The maximum atomic E-state index is 12.9. The number of hydrogen-bond donors (Lipinski definition) is 1. The number of nitrogens with one attached hydrogen (secondary N) is 1. The van der Waals surface area contributed by atoms with Gasteiger partial charge in [0.05, 0.1) is 16.8 Å². The van der Waals surface area contributed by atoms with E-state index in [4.69, 9.17) is 11.6 Å². The Balaban J connectivity index is 1.40. The highest BCUT2D eigenvalue weighted by Crippen LogP contribution is 2.25. The van der Waals surface area contributed by atoms with E-state index in [-0.39, 0.29) is 42.0 Å². The second kappa shape index (κ2) is 9.16. The fourth-order valence-corrected chi connectivity index (χ4v) is 3.78. The number of nitrogens with zero attached hydrogens (tertiary/aromatic N) is 1. The molecular weight excluding hydrogens is 428 g/mol. The van der Waals surface area contributed by atoms with Crippen LogP contribution in [0.25, 0.3) is 0 Å². The maximum Gasteiger partial charge on any atom is 0.261 e. The molecule has 3 aromatic rings. The van der Waals surface area contributed by atoms with Crippen LogP contribution >= 0.6 is 11.6 Å². The molecule has 0 atom stereocenters. The van der Waals surface area contributed by atoms with Gasteiger partial charge in [0, 0.05) is 29.1 Å². The van der Waals surface area contributed by atoms with E-state index in [9.17, 15) is 19.2 Å². The van der Waals surface area contributed by atoms with Crippen molar-refractivity contribution in [2.24, 2.45) is 0 Å². The lowest BCUT2D eigenvalue weighted by Crippen LogP contribution is -2.31. The van der Waals surface area contributed by atoms with E-state index in [0.717, 1.165) is 4.90 Å². The summed E-state index contributed by atoms with van der Waals surface area (Å²) in [5.74, 6) is -1.28. The summed E-state index contributed by atoms with van der Waals surface area (Å²) >= 11 is 6.07. The Morgan fingerprint density at radius 1 is 0.844 bits per heavy atom. The monoisotopic (exact) mass is 446 g/mol. The molecule has 0 saturated heterocycles. The molecular formula is C25H19ClN2O4. The van der Waals surface area contributed by atoms with Crippen molar-refractivity contribution in [2.45, 2.75) is 12.8 Å². The topological polar surface area (TPSA) is 83.6 Å². The minimum atomic E-state index is -0.348. The second-order valence-corrected chi connectivity index (χ2v) is 7.78. The smallest absolute Gasteiger partial charge is 0.261 e. The third-order valence-electron chi connectivity index (χ3n) is 5.20. The predicted molar refractivity (Wildman–Crippen MR) is 121 cm³/mol. The Bertz CT molecular complexity index is 1190. The fourth-order valence-electron chi connectivity index (χ4n) is 3.61. The number of ketones is 1. The van der Waals surface area contributed by atoms with Gasteiger partial charge in [0.25, 0.3) is 11.8 Å². The molecule has 0 saturated carbocycles. The van der Waals surface area contributed by atoms with Crippen LogP contribution in [0.15, 0.2) is 72.8 Å². The Labute approximate surface area is 189 Å². The molecule has 0 aromatic heterocycles. The zero-order chi connectivity index (χ0) is 22.7. The Hall–Kier alpha value is -3.77. The van der Waals surface area contributed by atoms with Crippen molar-refractivity contribution in [2.75, 3.05) is 11.9 Å². The molecule has 0 spiro atoms. The molecule has 32 heavy (non-hydrogen) atoms. The van der Waals surface area contributed by atoms with Crippen molar-refractivity contribution in [1.29, 1.82) is 0 Å². The van der Waals surface area contributed by atoms with E-state index >= 15 is 0 Å². The molecule has 1 aliphatic rings. The van der Waals surface area contributed by atoms with Gasteiger partial charge in [-0.15, -0.1) is 0 Å². The second-order valence-electron chi connectivity index (χ2n) is 7.34. The third-order valence-corrected chi connectivity index (χ3v) is 5.44. The van der Waals surface area contributed by atoms with Gasteiger partial charge in [-0.25, -0.2) is 0 Å². The minimum absolute atomic E-state index is 0.0784. The average molecular weight is 447 g/mol. The number of fused-ring (bicyclic) bond motifs is 1. The molecule has 0 radical (unpaired) electrons. The van der Waals surface area contributed by atoms with E-state index in [0.29, 0.717) is 33.8 Å². The van der Waals surface area contributed by atoms with Gasteiger partial charge in [0.1, 0.15) is 0 Å². The van der Waals surface area contributed by atoms with Crippen LogP contribution in [0.1, 0.15) is 49.5 Å². The third kappa shape index (κ3) is 4.31. The van der Waals surface area contributed by atoms with Gasteiger partial charge in [-0.05, 0) is 36.8 Å². The lowest BCUT2D eigenvalue weighted by molar-refractivity contribution is -0.116. The first-order chi connectivity index (χ1) is 15.5. The van der Waals surface area contributed by atoms with Gasteiger partial charge in [-0.2, -0.15) is 0 Å². The van der Waals surface area contributed by atoms with Gasteiger partial charge in [0.15, 0.2) is 5.78 Å². The molecule has 4 rings (SSSR count). The molecule has 3 amide bonds. The molecule has 1 heterocycles. The highest BCUT2D eigenvalue weighted by molar-refractivity contribution is 6.31. The van der Waals surface area contributed by atoms with Crippen molar-refractivity contribution in [3.8, 4) is 0 Å². The molecule has 1 N–H and O–H groups in total. The minimum Gasteiger partial charge on any atom is -0.325 e. The number of benzene rings is 3. The summed E-state index contributed by atoms with van der Waals surface area (Å²) in [5.41, 5.74) is 1.89. The van der Waals surface area contributed by atoms with Crippen molar-refractivity contribution in [1.82, 2.24) is 4.90 Å². The highest BCUT2D eigenvalue weighted by Gasteiger charge is 2.34. The summed E-state index contributed by atoms with van der Waals surface area (Å²) < 4.78 is 0. The van der Waals surface area contributed by atoms with E-state index in [2.05, 4.69) is 5.32 Å². The van der Waals surface area contributed by atoms with E-state index in [1.165, 1.54) is 6.07 Å². The van der Waals surface area contributed by atoms with Crippen molar-refractivity contribution < 1.29 is 19.2 Å². The average Bonchev–Trinajstić information content (AvgIpc) is 3.05. The molecule has 6 nitrogen and oxygen atoms in total. The molecule has 160 valence electrons. The molecule has 3 aromatic carbocycles. The molecule has 0 aliphatic carbocycles. The van der Waals surface area contributed by atoms with E-state index in [1.807, 2.05) is 6.07 Å². The van der Waals surface area contributed by atoms with Crippen LogP contribution < -0.4 is 5.32 Å². The zero-order valence-electron chi connectivity index (χ0n) is 17.0. The van der Waals surface area contributed by atoms with Gasteiger partial charge >= 0.3 is 0 Å². The number of rotatable bonds is 7.